The molecule has 0 spiro atoms. The quantitative estimate of drug-likeness (QED) is 0.315. The zero-order chi connectivity index (χ0) is 23.1. The van der Waals surface area contributed by atoms with Gasteiger partial charge in [-0.15, -0.1) is 0 Å². The molecule has 1 aromatic carbocycles. The van der Waals surface area contributed by atoms with Crippen LogP contribution in [-0.4, -0.2) is 38.2 Å². The number of nitrogens with zero attached hydrogens (tertiary/aromatic N) is 3. The van der Waals surface area contributed by atoms with Crippen LogP contribution >= 0.6 is 11.8 Å². The van der Waals surface area contributed by atoms with Gasteiger partial charge in [0.05, 0.1) is 21.9 Å². The van der Waals surface area contributed by atoms with Crippen LogP contribution in [0, 0.1) is 20.8 Å². The van der Waals surface area contributed by atoms with Gasteiger partial charge in [0.2, 0.25) is 0 Å². The molecule has 0 atom stereocenters. The van der Waals surface area contributed by atoms with Crippen molar-refractivity contribution in [3.8, 4) is 5.82 Å². The number of rotatable bonds is 7. The van der Waals surface area contributed by atoms with E-state index in [4.69, 9.17) is 4.52 Å². The highest BCUT2D eigenvalue weighted by atomic mass is 32.2. The maximum Gasteiger partial charge on any atom is 0.252 e. The standard InChI is InChI=1S/C25H24N4O3S/c1-14-10-19(16(3)29(14)23-11-15(2)32-28-23)22(30)13-33-24-12-20(25(31)26-17-8-9-17)18-6-4-5-7-21(18)27-24/h4-7,10-12,17H,8-9,13H2,1-3H3,(H,26,31). The molecule has 1 amide bonds. The second-order valence-corrected chi connectivity index (χ2v) is 9.40. The lowest BCUT2D eigenvalue weighted by atomic mass is 10.1. The highest BCUT2D eigenvalue weighted by molar-refractivity contribution is 7.99. The molecule has 1 aliphatic carbocycles. The van der Waals surface area contributed by atoms with Crippen LogP contribution in [0.5, 0.6) is 0 Å². The van der Waals surface area contributed by atoms with Gasteiger partial charge in [-0.3, -0.25) is 14.2 Å². The number of thioether (sulfide) groups is 1. The van der Waals surface area contributed by atoms with E-state index in [1.807, 2.05) is 61.7 Å². The van der Waals surface area contributed by atoms with Crippen molar-refractivity contribution in [3.05, 3.63) is 70.7 Å². The van der Waals surface area contributed by atoms with Crippen LogP contribution in [0.3, 0.4) is 0 Å². The van der Waals surface area contributed by atoms with E-state index >= 15 is 0 Å². The summed E-state index contributed by atoms with van der Waals surface area (Å²) < 4.78 is 7.12. The Hall–Kier alpha value is -3.39. The van der Waals surface area contributed by atoms with E-state index in [2.05, 4.69) is 15.5 Å². The first-order valence-electron chi connectivity index (χ1n) is 10.9. The van der Waals surface area contributed by atoms with Gasteiger partial charge in [-0.05, 0) is 51.8 Å². The minimum absolute atomic E-state index is 0.00138. The van der Waals surface area contributed by atoms with Gasteiger partial charge >= 0.3 is 0 Å². The van der Waals surface area contributed by atoms with Crippen LogP contribution in [0.1, 0.15) is 50.7 Å². The van der Waals surface area contributed by atoms with Gasteiger partial charge in [-0.25, -0.2) is 4.98 Å². The summed E-state index contributed by atoms with van der Waals surface area (Å²) in [6.45, 7) is 5.68. The second kappa shape index (κ2) is 8.51. The Morgan fingerprint density at radius 3 is 2.64 bits per heavy atom. The minimum atomic E-state index is -0.0873. The van der Waals surface area contributed by atoms with Gasteiger partial charge in [0.1, 0.15) is 5.76 Å². The maximum absolute atomic E-state index is 13.1. The fraction of sp³-hybridized carbons (Fsp3) is 0.280. The van der Waals surface area contributed by atoms with Gasteiger partial charge in [0.15, 0.2) is 11.6 Å². The van der Waals surface area contributed by atoms with Crippen molar-refractivity contribution in [1.82, 2.24) is 20.0 Å². The number of pyridine rings is 1. The highest BCUT2D eigenvalue weighted by Crippen LogP contribution is 2.28. The molecule has 0 aliphatic heterocycles. The number of carbonyl (C=O) groups excluding carboxylic acids is 2. The smallest absolute Gasteiger partial charge is 0.252 e. The van der Waals surface area contributed by atoms with E-state index < -0.39 is 0 Å². The van der Waals surface area contributed by atoms with Crippen molar-refractivity contribution >= 4 is 34.4 Å². The summed E-state index contributed by atoms with van der Waals surface area (Å²) in [5.74, 6) is 1.51. The van der Waals surface area contributed by atoms with E-state index in [0.29, 0.717) is 27.7 Å². The molecule has 0 bridgehead atoms. The zero-order valence-corrected chi connectivity index (χ0v) is 19.5. The number of hydrogen-bond donors (Lipinski definition) is 1. The predicted molar refractivity (Wildman–Crippen MR) is 127 cm³/mol. The molecular formula is C25H24N4O3S. The summed E-state index contributed by atoms with van der Waals surface area (Å²) in [4.78, 5) is 30.6. The molecule has 168 valence electrons. The average molecular weight is 461 g/mol. The first-order chi connectivity index (χ1) is 15.9. The molecular weight excluding hydrogens is 436 g/mol. The van der Waals surface area contributed by atoms with E-state index in [1.165, 1.54) is 11.8 Å². The molecule has 0 unspecified atom stereocenters. The van der Waals surface area contributed by atoms with Gasteiger partial charge in [0.25, 0.3) is 5.91 Å². The predicted octanol–water partition coefficient (Wildman–Crippen LogP) is 4.81. The number of para-hydroxylation sites is 1. The fourth-order valence-electron chi connectivity index (χ4n) is 3.98. The molecule has 3 aromatic heterocycles. The van der Waals surface area contributed by atoms with Crippen molar-refractivity contribution in [2.45, 2.75) is 44.7 Å². The monoisotopic (exact) mass is 460 g/mol. The second-order valence-electron chi connectivity index (χ2n) is 8.40. The van der Waals surface area contributed by atoms with Crippen LogP contribution in [0.25, 0.3) is 16.7 Å². The molecule has 5 rings (SSSR count). The summed E-state index contributed by atoms with van der Waals surface area (Å²) in [5.41, 5.74) is 3.73. The van der Waals surface area contributed by atoms with Crippen molar-refractivity contribution < 1.29 is 14.1 Å². The molecule has 4 aromatic rings. The number of ketones is 1. The third-order valence-corrected chi connectivity index (χ3v) is 6.69. The maximum atomic E-state index is 13.1. The number of hydrogen-bond acceptors (Lipinski definition) is 6. The number of Topliss-reactive ketones (excluding diaryl/α,β-unsaturated/α-hetero) is 1. The first kappa shape index (κ1) is 21.5. The number of nitrogens with one attached hydrogen (secondary N) is 1. The number of aromatic nitrogens is 3. The Bertz CT molecular complexity index is 1380. The lowest BCUT2D eigenvalue weighted by molar-refractivity contribution is 0.0951. The van der Waals surface area contributed by atoms with E-state index in [0.717, 1.165) is 35.1 Å². The molecule has 1 aliphatic rings. The van der Waals surface area contributed by atoms with E-state index in [-0.39, 0.29) is 23.5 Å². The van der Waals surface area contributed by atoms with E-state index in [1.54, 1.807) is 6.07 Å². The molecule has 1 N–H and O–H groups in total. The number of carbonyl (C=O) groups is 2. The third-order valence-electron chi connectivity index (χ3n) is 5.78. The topological polar surface area (TPSA) is 90.0 Å². The van der Waals surface area contributed by atoms with Gasteiger partial charge in [-0.2, -0.15) is 0 Å². The molecule has 1 saturated carbocycles. The summed E-state index contributed by atoms with van der Waals surface area (Å²) in [7, 11) is 0. The summed E-state index contributed by atoms with van der Waals surface area (Å²) in [5, 5.41) is 8.61. The summed E-state index contributed by atoms with van der Waals surface area (Å²) >= 11 is 1.34. The largest absolute Gasteiger partial charge is 0.360 e. The summed E-state index contributed by atoms with van der Waals surface area (Å²) in [6.07, 6.45) is 2.05. The average Bonchev–Trinajstić information content (AvgIpc) is 3.44. The Balaban J connectivity index is 1.39. The number of amides is 1. The zero-order valence-electron chi connectivity index (χ0n) is 18.7. The molecule has 1 fully saturated rings. The SMILES string of the molecule is Cc1cc(-n2c(C)cc(C(=O)CSc3cc(C(=O)NC4CC4)c4ccccc4n3)c2C)no1. The Labute approximate surface area is 195 Å². The molecule has 8 heteroatoms. The molecule has 7 nitrogen and oxygen atoms in total. The Kier molecular flexibility index (Phi) is 5.54. The highest BCUT2D eigenvalue weighted by Gasteiger charge is 2.25. The molecule has 0 radical (unpaired) electrons. The van der Waals surface area contributed by atoms with Crippen molar-refractivity contribution in [2.75, 3.05) is 5.75 Å². The van der Waals surface area contributed by atoms with Crippen LogP contribution in [0.2, 0.25) is 0 Å². The molecule has 3 heterocycles. The number of benzene rings is 1. The number of aryl methyl sites for hydroxylation is 2. The minimum Gasteiger partial charge on any atom is -0.360 e. The van der Waals surface area contributed by atoms with Crippen LogP contribution in [0.15, 0.2) is 52.0 Å². The van der Waals surface area contributed by atoms with Crippen molar-refractivity contribution in [2.24, 2.45) is 0 Å². The van der Waals surface area contributed by atoms with Gasteiger partial charge < -0.3 is 9.84 Å². The van der Waals surface area contributed by atoms with Gasteiger partial charge in [-0.1, -0.05) is 35.1 Å². The van der Waals surface area contributed by atoms with Crippen LogP contribution < -0.4 is 5.32 Å². The Morgan fingerprint density at radius 2 is 1.91 bits per heavy atom. The lowest BCUT2D eigenvalue weighted by Crippen LogP contribution is -2.25. The normalized spacial score (nSPS) is 13.4. The van der Waals surface area contributed by atoms with Gasteiger partial charge in [0, 0.05) is 34.4 Å². The molecule has 33 heavy (non-hydrogen) atoms. The van der Waals surface area contributed by atoms with Crippen LogP contribution in [0.4, 0.5) is 0 Å². The van der Waals surface area contributed by atoms with Crippen molar-refractivity contribution in [3.63, 3.8) is 0 Å². The third kappa shape index (κ3) is 4.30. The van der Waals surface area contributed by atoms with E-state index in [9.17, 15) is 9.59 Å². The lowest BCUT2D eigenvalue weighted by Gasteiger charge is -2.10. The first-order valence-corrected chi connectivity index (χ1v) is 11.9. The fourth-order valence-corrected chi connectivity index (χ4v) is 4.78. The van der Waals surface area contributed by atoms with Crippen molar-refractivity contribution in [1.29, 1.82) is 0 Å². The summed E-state index contributed by atoms with van der Waals surface area (Å²) in [6, 6.07) is 13.4. The van der Waals surface area contributed by atoms with Crippen LogP contribution in [-0.2, 0) is 0 Å². The Morgan fingerprint density at radius 1 is 1.12 bits per heavy atom. The number of fused-ring (bicyclic) bond motifs is 1. The molecule has 0 saturated heterocycles.